The van der Waals surface area contributed by atoms with E-state index in [1.807, 2.05) is 12.1 Å². The number of benzene rings is 1. The Bertz CT molecular complexity index is 615. The van der Waals surface area contributed by atoms with E-state index in [4.69, 9.17) is 14.2 Å². The van der Waals surface area contributed by atoms with E-state index in [2.05, 4.69) is 22.4 Å². The number of ether oxygens (including phenoxy) is 3. The number of hydrogen-bond donors (Lipinski definition) is 1. The Morgan fingerprint density at radius 2 is 2.25 bits per heavy atom. The maximum Gasteiger partial charge on any atom is 0.231 e. The number of anilines is 1. The molecule has 0 bridgehead atoms. The van der Waals surface area contributed by atoms with Crippen LogP contribution in [-0.4, -0.2) is 24.1 Å². The fourth-order valence-electron chi connectivity index (χ4n) is 1.93. The number of aromatic nitrogens is 2. The standard InChI is InChI=1S/C13H15N3O3S/c1-3-11-15-16-13(20-11)14-6-8-4-9(17-2)12-10(5-8)18-7-19-12/h4-5H,3,6-7H2,1-2H3,(H,14,16). The summed E-state index contributed by atoms with van der Waals surface area (Å²) < 4.78 is 16.1. The van der Waals surface area contributed by atoms with Crippen molar-refractivity contribution >= 4 is 16.5 Å². The molecule has 0 spiro atoms. The van der Waals surface area contributed by atoms with E-state index in [1.54, 1.807) is 18.4 Å². The minimum absolute atomic E-state index is 0.235. The van der Waals surface area contributed by atoms with Crippen molar-refractivity contribution in [3.63, 3.8) is 0 Å². The Kier molecular flexibility index (Phi) is 3.60. The van der Waals surface area contributed by atoms with Crippen LogP contribution in [0.1, 0.15) is 17.5 Å². The zero-order valence-electron chi connectivity index (χ0n) is 11.3. The average molecular weight is 293 g/mol. The first-order valence-corrected chi connectivity index (χ1v) is 7.14. The van der Waals surface area contributed by atoms with E-state index in [0.717, 1.165) is 22.1 Å². The van der Waals surface area contributed by atoms with Crippen molar-refractivity contribution in [1.29, 1.82) is 0 Å². The Balaban J connectivity index is 1.74. The second-order valence-electron chi connectivity index (χ2n) is 4.24. The first-order valence-electron chi connectivity index (χ1n) is 6.33. The molecule has 1 aromatic heterocycles. The molecule has 3 rings (SSSR count). The van der Waals surface area contributed by atoms with E-state index in [0.29, 0.717) is 23.8 Å². The molecule has 7 heteroatoms. The lowest BCUT2D eigenvalue weighted by Crippen LogP contribution is -1.99. The summed E-state index contributed by atoms with van der Waals surface area (Å²) in [4.78, 5) is 0. The summed E-state index contributed by atoms with van der Waals surface area (Å²) in [6.07, 6.45) is 0.900. The molecule has 0 radical (unpaired) electrons. The number of nitrogens with zero attached hydrogens (tertiary/aromatic N) is 2. The van der Waals surface area contributed by atoms with Crippen LogP contribution >= 0.6 is 11.3 Å². The maximum atomic E-state index is 5.40. The normalized spacial score (nSPS) is 12.5. The number of nitrogens with one attached hydrogen (secondary N) is 1. The topological polar surface area (TPSA) is 65.5 Å². The van der Waals surface area contributed by atoms with Gasteiger partial charge in [-0.25, -0.2) is 0 Å². The van der Waals surface area contributed by atoms with Gasteiger partial charge >= 0.3 is 0 Å². The predicted octanol–water partition coefficient (Wildman–Crippen LogP) is 2.45. The molecule has 1 aromatic carbocycles. The van der Waals surface area contributed by atoms with Gasteiger partial charge in [-0.1, -0.05) is 18.3 Å². The van der Waals surface area contributed by atoms with Crippen molar-refractivity contribution in [1.82, 2.24) is 10.2 Å². The molecule has 2 aromatic rings. The van der Waals surface area contributed by atoms with Gasteiger partial charge < -0.3 is 19.5 Å². The quantitative estimate of drug-likeness (QED) is 0.913. The van der Waals surface area contributed by atoms with Crippen molar-refractivity contribution in [2.24, 2.45) is 0 Å². The van der Waals surface area contributed by atoms with Crippen molar-refractivity contribution in [2.45, 2.75) is 19.9 Å². The summed E-state index contributed by atoms with van der Waals surface area (Å²) in [5.41, 5.74) is 1.04. The van der Waals surface area contributed by atoms with Crippen molar-refractivity contribution in [2.75, 3.05) is 19.2 Å². The Hall–Kier alpha value is -2.02. The second kappa shape index (κ2) is 5.54. The summed E-state index contributed by atoms with van der Waals surface area (Å²) in [6.45, 7) is 2.93. The Morgan fingerprint density at radius 1 is 1.35 bits per heavy atom. The molecule has 1 aliphatic rings. The summed E-state index contributed by atoms with van der Waals surface area (Å²) in [7, 11) is 1.62. The lowest BCUT2D eigenvalue weighted by atomic mass is 10.2. The molecular formula is C13H15N3O3S. The third-order valence-electron chi connectivity index (χ3n) is 2.93. The lowest BCUT2D eigenvalue weighted by molar-refractivity contribution is 0.171. The number of rotatable bonds is 5. The smallest absolute Gasteiger partial charge is 0.231 e. The molecule has 2 heterocycles. The van der Waals surface area contributed by atoms with E-state index in [1.165, 1.54) is 0 Å². The van der Waals surface area contributed by atoms with Gasteiger partial charge in [0.2, 0.25) is 17.7 Å². The van der Waals surface area contributed by atoms with Crippen LogP contribution in [0.4, 0.5) is 5.13 Å². The number of fused-ring (bicyclic) bond motifs is 1. The molecule has 0 amide bonds. The van der Waals surface area contributed by atoms with Crippen LogP contribution in [0.15, 0.2) is 12.1 Å². The lowest BCUT2D eigenvalue weighted by Gasteiger charge is -2.08. The van der Waals surface area contributed by atoms with Crippen LogP contribution < -0.4 is 19.5 Å². The molecule has 0 aliphatic carbocycles. The van der Waals surface area contributed by atoms with Crippen molar-refractivity contribution in [3.8, 4) is 17.2 Å². The molecular weight excluding hydrogens is 278 g/mol. The SMILES string of the molecule is CCc1nnc(NCc2cc(OC)c3c(c2)OCO3)s1. The predicted molar refractivity (Wildman–Crippen MR) is 75.7 cm³/mol. The van der Waals surface area contributed by atoms with Crippen LogP contribution in [0.3, 0.4) is 0 Å². The molecule has 1 aliphatic heterocycles. The molecule has 20 heavy (non-hydrogen) atoms. The third kappa shape index (κ3) is 2.49. The number of hydrogen-bond acceptors (Lipinski definition) is 7. The molecule has 6 nitrogen and oxygen atoms in total. The molecule has 0 saturated carbocycles. The molecule has 0 atom stereocenters. The summed E-state index contributed by atoms with van der Waals surface area (Å²) in [6, 6.07) is 3.88. The van der Waals surface area contributed by atoms with Crippen LogP contribution in [-0.2, 0) is 13.0 Å². The van der Waals surface area contributed by atoms with Crippen LogP contribution in [0.25, 0.3) is 0 Å². The summed E-state index contributed by atoms with van der Waals surface area (Å²) in [5.74, 6) is 2.07. The van der Waals surface area contributed by atoms with E-state index in [9.17, 15) is 0 Å². The minimum atomic E-state index is 0.235. The van der Waals surface area contributed by atoms with Crippen LogP contribution in [0.2, 0.25) is 0 Å². The third-order valence-corrected chi connectivity index (χ3v) is 3.96. The molecule has 1 N–H and O–H groups in total. The van der Waals surface area contributed by atoms with Crippen LogP contribution in [0, 0.1) is 0 Å². The van der Waals surface area contributed by atoms with Gasteiger partial charge in [-0.3, -0.25) is 0 Å². The maximum absolute atomic E-state index is 5.40. The van der Waals surface area contributed by atoms with Crippen molar-refractivity contribution < 1.29 is 14.2 Å². The van der Waals surface area contributed by atoms with Gasteiger partial charge in [0, 0.05) is 6.54 Å². The van der Waals surface area contributed by atoms with Gasteiger partial charge in [0.25, 0.3) is 0 Å². The fourth-order valence-corrected chi connectivity index (χ4v) is 2.61. The first kappa shape index (κ1) is 13.0. The zero-order chi connectivity index (χ0) is 13.9. The zero-order valence-corrected chi connectivity index (χ0v) is 12.1. The Morgan fingerprint density at radius 3 is 3.00 bits per heavy atom. The largest absolute Gasteiger partial charge is 0.493 e. The van der Waals surface area contributed by atoms with Gasteiger partial charge in [-0.05, 0) is 24.1 Å². The highest BCUT2D eigenvalue weighted by Gasteiger charge is 2.20. The molecule has 0 unspecified atom stereocenters. The first-order chi connectivity index (χ1) is 9.80. The van der Waals surface area contributed by atoms with Gasteiger partial charge in [-0.2, -0.15) is 0 Å². The monoisotopic (exact) mass is 293 g/mol. The average Bonchev–Trinajstić information content (AvgIpc) is 3.12. The highest BCUT2D eigenvalue weighted by molar-refractivity contribution is 7.15. The van der Waals surface area contributed by atoms with Gasteiger partial charge in [0.05, 0.1) is 7.11 Å². The van der Waals surface area contributed by atoms with Crippen molar-refractivity contribution in [3.05, 3.63) is 22.7 Å². The highest BCUT2D eigenvalue weighted by Crippen LogP contribution is 2.41. The molecule has 106 valence electrons. The molecule has 0 saturated heterocycles. The summed E-state index contributed by atoms with van der Waals surface area (Å²) >= 11 is 1.57. The van der Waals surface area contributed by atoms with Crippen LogP contribution in [0.5, 0.6) is 17.2 Å². The minimum Gasteiger partial charge on any atom is -0.493 e. The molecule has 0 fully saturated rings. The highest BCUT2D eigenvalue weighted by atomic mass is 32.1. The summed E-state index contributed by atoms with van der Waals surface area (Å²) in [5, 5.41) is 13.3. The van der Waals surface area contributed by atoms with E-state index < -0.39 is 0 Å². The van der Waals surface area contributed by atoms with Gasteiger partial charge in [-0.15, -0.1) is 10.2 Å². The van der Waals surface area contributed by atoms with E-state index >= 15 is 0 Å². The second-order valence-corrected chi connectivity index (χ2v) is 5.30. The number of methoxy groups -OCH3 is 1. The fraction of sp³-hybridized carbons (Fsp3) is 0.385. The van der Waals surface area contributed by atoms with Gasteiger partial charge in [0.1, 0.15) is 5.01 Å². The van der Waals surface area contributed by atoms with Gasteiger partial charge in [0.15, 0.2) is 11.5 Å². The van der Waals surface area contributed by atoms with E-state index in [-0.39, 0.29) is 6.79 Å². The Labute approximate surface area is 120 Å². The number of aryl methyl sites for hydroxylation is 1.